The predicted octanol–water partition coefficient (Wildman–Crippen LogP) is -0.524. The van der Waals surface area contributed by atoms with Crippen LogP contribution >= 0.6 is 0 Å². The first-order valence-electron chi connectivity index (χ1n) is 7.76. The van der Waals surface area contributed by atoms with Gasteiger partial charge in [-0.2, -0.15) is 4.31 Å². The minimum atomic E-state index is -3.47. The van der Waals surface area contributed by atoms with Gasteiger partial charge < -0.3 is 14.1 Å². The zero-order valence-corrected chi connectivity index (χ0v) is 14.5. The number of hydrogen-bond donors (Lipinski definition) is 1. The number of benzene rings is 1. The Bertz CT molecular complexity index is 780. The molecule has 1 saturated heterocycles. The SMILES string of the molecule is COc1ccc(S(=O)(=O)N2CC[NH+](Cc3nnc(C)o3)CC2)cc1. The minimum absolute atomic E-state index is 0.291. The van der Waals surface area contributed by atoms with E-state index in [4.69, 9.17) is 9.15 Å². The van der Waals surface area contributed by atoms with E-state index in [0.717, 1.165) is 0 Å². The molecule has 0 spiro atoms. The van der Waals surface area contributed by atoms with Gasteiger partial charge in [-0.25, -0.2) is 8.42 Å². The summed E-state index contributed by atoms with van der Waals surface area (Å²) in [6, 6.07) is 6.47. The fourth-order valence-corrected chi connectivity index (χ4v) is 4.18. The third-order valence-electron chi connectivity index (χ3n) is 4.10. The fourth-order valence-electron chi connectivity index (χ4n) is 2.74. The van der Waals surface area contributed by atoms with Gasteiger partial charge in [-0.3, -0.25) is 0 Å². The molecule has 8 nitrogen and oxygen atoms in total. The van der Waals surface area contributed by atoms with Crippen molar-refractivity contribution in [2.75, 3.05) is 33.3 Å². The van der Waals surface area contributed by atoms with Crippen molar-refractivity contribution in [1.29, 1.82) is 0 Å². The van der Waals surface area contributed by atoms with Crippen LogP contribution in [-0.2, 0) is 16.6 Å². The second-order valence-electron chi connectivity index (χ2n) is 5.72. The lowest BCUT2D eigenvalue weighted by molar-refractivity contribution is -0.918. The molecule has 0 radical (unpaired) electrons. The largest absolute Gasteiger partial charge is 0.497 e. The monoisotopic (exact) mass is 353 g/mol. The first-order valence-corrected chi connectivity index (χ1v) is 9.20. The molecule has 1 fully saturated rings. The van der Waals surface area contributed by atoms with E-state index in [1.807, 2.05) is 0 Å². The Morgan fingerprint density at radius 1 is 1.21 bits per heavy atom. The molecule has 0 saturated carbocycles. The molecule has 0 bridgehead atoms. The van der Waals surface area contributed by atoms with Crippen LogP contribution in [0.5, 0.6) is 5.75 Å². The summed E-state index contributed by atoms with van der Waals surface area (Å²) in [6.45, 7) is 4.73. The zero-order chi connectivity index (χ0) is 17.2. The molecule has 0 aliphatic carbocycles. The molecule has 3 rings (SSSR count). The Labute approximate surface area is 141 Å². The number of piperazine rings is 1. The molecular weight excluding hydrogens is 332 g/mol. The minimum Gasteiger partial charge on any atom is -0.497 e. The van der Waals surface area contributed by atoms with Gasteiger partial charge in [0.15, 0.2) is 6.54 Å². The number of nitrogens with one attached hydrogen (secondary N) is 1. The van der Waals surface area contributed by atoms with Gasteiger partial charge in [0.1, 0.15) is 5.75 Å². The smallest absolute Gasteiger partial charge is 0.271 e. The highest BCUT2D eigenvalue weighted by Gasteiger charge is 2.31. The van der Waals surface area contributed by atoms with E-state index in [1.54, 1.807) is 38.3 Å². The van der Waals surface area contributed by atoms with Crippen molar-refractivity contribution in [3.63, 3.8) is 0 Å². The summed E-state index contributed by atoms with van der Waals surface area (Å²) in [6.07, 6.45) is 0. The van der Waals surface area contributed by atoms with Crippen molar-refractivity contribution in [3.8, 4) is 5.75 Å². The molecule has 1 aromatic carbocycles. The van der Waals surface area contributed by atoms with Crippen LogP contribution in [0.15, 0.2) is 33.6 Å². The Morgan fingerprint density at radius 3 is 2.42 bits per heavy atom. The van der Waals surface area contributed by atoms with Crippen LogP contribution in [0, 0.1) is 6.92 Å². The van der Waals surface area contributed by atoms with Gasteiger partial charge in [0.25, 0.3) is 5.89 Å². The maximum Gasteiger partial charge on any atom is 0.271 e. The Morgan fingerprint density at radius 2 is 1.88 bits per heavy atom. The lowest BCUT2D eigenvalue weighted by atomic mass is 10.3. The molecule has 9 heteroatoms. The van der Waals surface area contributed by atoms with Gasteiger partial charge in [-0.05, 0) is 24.3 Å². The number of sulfonamides is 1. The van der Waals surface area contributed by atoms with Crippen molar-refractivity contribution < 1.29 is 22.5 Å². The van der Waals surface area contributed by atoms with E-state index in [0.29, 0.717) is 55.2 Å². The number of rotatable bonds is 5. The van der Waals surface area contributed by atoms with Crippen molar-refractivity contribution in [2.45, 2.75) is 18.4 Å². The molecule has 24 heavy (non-hydrogen) atoms. The third kappa shape index (κ3) is 3.58. The van der Waals surface area contributed by atoms with E-state index in [1.165, 1.54) is 9.21 Å². The fraction of sp³-hybridized carbons (Fsp3) is 0.467. The first-order chi connectivity index (χ1) is 11.5. The summed E-state index contributed by atoms with van der Waals surface area (Å²) < 4.78 is 37.4. The summed E-state index contributed by atoms with van der Waals surface area (Å²) in [5, 5.41) is 7.80. The molecule has 2 heterocycles. The molecule has 1 N–H and O–H groups in total. The van der Waals surface area contributed by atoms with Crippen molar-refractivity contribution >= 4 is 10.0 Å². The lowest BCUT2D eigenvalue weighted by Crippen LogP contribution is -3.13. The van der Waals surface area contributed by atoms with Crippen LogP contribution in [0.4, 0.5) is 0 Å². The van der Waals surface area contributed by atoms with Crippen LogP contribution in [0.1, 0.15) is 11.8 Å². The molecule has 0 unspecified atom stereocenters. The zero-order valence-electron chi connectivity index (χ0n) is 13.7. The highest BCUT2D eigenvalue weighted by atomic mass is 32.2. The van der Waals surface area contributed by atoms with Crippen molar-refractivity contribution in [3.05, 3.63) is 36.0 Å². The quantitative estimate of drug-likeness (QED) is 0.778. The molecule has 130 valence electrons. The summed E-state index contributed by atoms with van der Waals surface area (Å²) >= 11 is 0. The number of quaternary nitrogens is 1. The maximum atomic E-state index is 12.7. The Balaban J connectivity index is 1.62. The van der Waals surface area contributed by atoms with E-state index < -0.39 is 10.0 Å². The highest BCUT2D eigenvalue weighted by molar-refractivity contribution is 7.89. The normalized spacial score (nSPS) is 17.1. The average Bonchev–Trinajstić information content (AvgIpc) is 3.00. The molecular formula is C15H21N4O4S+. The van der Waals surface area contributed by atoms with Crippen LogP contribution in [0.25, 0.3) is 0 Å². The number of aromatic nitrogens is 2. The van der Waals surface area contributed by atoms with Gasteiger partial charge in [0, 0.05) is 6.92 Å². The first kappa shape index (κ1) is 16.9. The summed E-state index contributed by atoms with van der Waals surface area (Å²) in [4.78, 5) is 1.53. The topological polar surface area (TPSA) is 90.0 Å². The standard InChI is InChI=1S/C15H20N4O4S/c1-12-16-17-15(23-12)11-18-7-9-19(10-8-18)24(20,21)14-5-3-13(22-2)4-6-14/h3-6H,7-11H2,1-2H3/p+1. The summed E-state index contributed by atoms with van der Waals surface area (Å²) in [5.74, 6) is 1.78. The van der Waals surface area contributed by atoms with Gasteiger partial charge in [0.05, 0.1) is 38.2 Å². The van der Waals surface area contributed by atoms with E-state index in [-0.39, 0.29) is 0 Å². The molecule has 0 amide bonds. The number of hydrogen-bond acceptors (Lipinski definition) is 6. The van der Waals surface area contributed by atoms with E-state index in [9.17, 15) is 8.42 Å². The average molecular weight is 353 g/mol. The van der Waals surface area contributed by atoms with Crippen LogP contribution < -0.4 is 9.64 Å². The van der Waals surface area contributed by atoms with Crippen molar-refractivity contribution in [1.82, 2.24) is 14.5 Å². The predicted molar refractivity (Wildman–Crippen MR) is 85.2 cm³/mol. The van der Waals surface area contributed by atoms with Gasteiger partial charge in [-0.1, -0.05) is 0 Å². The van der Waals surface area contributed by atoms with Crippen molar-refractivity contribution in [2.24, 2.45) is 0 Å². The highest BCUT2D eigenvalue weighted by Crippen LogP contribution is 2.19. The number of nitrogens with zero attached hydrogens (tertiary/aromatic N) is 3. The van der Waals surface area contributed by atoms with E-state index in [2.05, 4.69) is 10.2 Å². The number of methoxy groups -OCH3 is 1. The Kier molecular flexibility index (Phi) is 4.83. The maximum absolute atomic E-state index is 12.7. The second kappa shape index (κ2) is 6.88. The summed E-state index contributed by atoms with van der Waals surface area (Å²) in [7, 11) is -1.91. The van der Waals surface area contributed by atoms with E-state index >= 15 is 0 Å². The van der Waals surface area contributed by atoms with Gasteiger partial charge in [-0.15, -0.1) is 10.2 Å². The van der Waals surface area contributed by atoms with Gasteiger partial charge in [0.2, 0.25) is 15.9 Å². The third-order valence-corrected chi connectivity index (χ3v) is 6.01. The lowest BCUT2D eigenvalue weighted by Gasteiger charge is -2.30. The van der Waals surface area contributed by atoms with Crippen LogP contribution in [0.3, 0.4) is 0 Å². The molecule has 2 aromatic rings. The molecule has 1 aromatic heterocycles. The van der Waals surface area contributed by atoms with Crippen LogP contribution in [-0.4, -0.2) is 56.2 Å². The number of ether oxygens (including phenoxy) is 1. The second-order valence-corrected chi connectivity index (χ2v) is 7.66. The molecule has 0 atom stereocenters. The van der Waals surface area contributed by atoms with Gasteiger partial charge >= 0.3 is 0 Å². The Hall–Kier alpha value is -1.97. The van der Waals surface area contributed by atoms with Crippen LogP contribution in [0.2, 0.25) is 0 Å². The molecule has 1 aliphatic rings. The molecule has 1 aliphatic heterocycles. The summed E-state index contributed by atoms with van der Waals surface area (Å²) in [5.41, 5.74) is 0. The number of aryl methyl sites for hydroxylation is 1.